The third kappa shape index (κ3) is 1.92. The van der Waals surface area contributed by atoms with E-state index < -0.39 is 0 Å². The Morgan fingerprint density at radius 3 is 2.33 bits per heavy atom. The van der Waals surface area contributed by atoms with Crippen molar-refractivity contribution in [2.75, 3.05) is 0 Å². The molecule has 1 heterocycles. The van der Waals surface area contributed by atoms with E-state index in [0.29, 0.717) is 18.8 Å². The molecule has 1 aliphatic carbocycles. The summed E-state index contributed by atoms with van der Waals surface area (Å²) in [5.41, 5.74) is -0.0219. The highest BCUT2D eigenvalue weighted by Gasteiger charge is 2.45. The zero-order chi connectivity index (χ0) is 11.1. The standard InChI is InChI=1S/C12H19NO2/c1-8-3-4-12(9(2)5-8)6-10(14)13-11(15)7-12/h8-9H,3-7H2,1-2H3,(H,13,14,15). The minimum atomic E-state index is -0.0762. The van der Waals surface area contributed by atoms with Crippen molar-refractivity contribution in [1.29, 1.82) is 0 Å². The van der Waals surface area contributed by atoms with E-state index in [1.54, 1.807) is 0 Å². The number of hydrogen-bond acceptors (Lipinski definition) is 2. The van der Waals surface area contributed by atoms with Crippen LogP contribution in [-0.4, -0.2) is 11.8 Å². The van der Waals surface area contributed by atoms with Crippen LogP contribution in [0, 0.1) is 17.3 Å². The summed E-state index contributed by atoms with van der Waals surface area (Å²) >= 11 is 0. The lowest BCUT2D eigenvalue weighted by atomic mass is 9.60. The van der Waals surface area contributed by atoms with Crippen LogP contribution in [0.25, 0.3) is 0 Å². The molecule has 1 N–H and O–H groups in total. The van der Waals surface area contributed by atoms with Crippen molar-refractivity contribution in [1.82, 2.24) is 5.32 Å². The number of nitrogens with one attached hydrogen (secondary N) is 1. The van der Waals surface area contributed by atoms with Gasteiger partial charge in [0, 0.05) is 12.8 Å². The highest BCUT2D eigenvalue weighted by Crippen LogP contribution is 2.49. The maximum Gasteiger partial charge on any atom is 0.227 e. The van der Waals surface area contributed by atoms with E-state index in [-0.39, 0.29) is 17.2 Å². The van der Waals surface area contributed by atoms with Gasteiger partial charge in [0.15, 0.2) is 0 Å². The van der Waals surface area contributed by atoms with Crippen LogP contribution in [0.1, 0.15) is 46.0 Å². The first-order valence-electron chi connectivity index (χ1n) is 5.84. The van der Waals surface area contributed by atoms with Crippen molar-refractivity contribution >= 4 is 11.8 Å². The van der Waals surface area contributed by atoms with Gasteiger partial charge in [-0.1, -0.05) is 20.3 Å². The molecule has 2 atom stereocenters. The van der Waals surface area contributed by atoms with Crippen LogP contribution in [0.3, 0.4) is 0 Å². The van der Waals surface area contributed by atoms with Gasteiger partial charge in [-0.2, -0.15) is 0 Å². The molecule has 2 rings (SSSR count). The third-order valence-corrected chi connectivity index (χ3v) is 4.24. The van der Waals surface area contributed by atoms with Crippen LogP contribution in [0.4, 0.5) is 0 Å². The van der Waals surface area contributed by atoms with Gasteiger partial charge in [-0.05, 0) is 30.1 Å². The third-order valence-electron chi connectivity index (χ3n) is 4.24. The van der Waals surface area contributed by atoms with E-state index in [9.17, 15) is 9.59 Å². The average Bonchev–Trinajstić information content (AvgIpc) is 2.11. The number of hydrogen-bond donors (Lipinski definition) is 1. The van der Waals surface area contributed by atoms with Crippen molar-refractivity contribution in [2.24, 2.45) is 17.3 Å². The first kappa shape index (κ1) is 10.7. The molecule has 15 heavy (non-hydrogen) atoms. The highest BCUT2D eigenvalue weighted by molar-refractivity contribution is 5.98. The molecule has 2 unspecified atom stereocenters. The van der Waals surface area contributed by atoms with Crippen molar-refractivity contribution in [2.45, 2.75) is 46.0 Å². The van der Waals surface area contributed by atoms with Gasteiger partial charge in [0.25, 0.3) is 0 Å². The van der Waals surface area contributed by atoms with Crippen molar-refractivity contribution in [3.05, 3.63) is 0 Å². The fourth-order valence-electron chi connectivity index (χ4n) is 3.22. The van der Waals surface area contributed by atoms with Gasteiger partial charge in [0.1, 0.15) is 0 Å². The summed E-state index contributed by atoms with van der Waals surface area (Å²) in [4.78, 5) is 22.9. The van der Waals surface area contributed by atoms with E-state index in [1.165, 1.54) is 0 Å². The maximum absolute atomic E-state index is 11.4. The SMILES string of the molecule is CC1CCC2(CC(=O)NC(=O)C2)C(C)C1. The summed E-state index contributed by atoms with van der Waals surface area (Å²) in [7, 11) is 0. The fourth-order valence-corrected chi connectivity index (χ4v) is 3.22. The molecule has 1 saturated heterocycles. The lowest BCUT2D eigenvalue weighted by Gasteiger charge is -2.46. The zero-order valence-corrected chi connectivity index (χ0v) is 9.51. The van der Waals surface area contributed by atoms with Gasteiger partial charge in [-0.25, -0.2) is 0 Å². The minimum absolute atomic E-state index is 0.0219. The summed E-state index contributed by atoms with van der Waals surface area (Å²) in [5, 5.41) is 2.40. The van der Waals surface area contributed by atoms with Crippen LogP contribution in [0.15, 0.2) is 0 Å². The Morgan fingerprint density at radius 1 is 1.20 bits per heavy atom. The summed E-state index contributed by atoms with van der Waals surface area (Å²) in [6.45, 7) is 4.45. The molecule has 2 aliphatic rings. The Bertz CT molecular complexity index is 282. The van der Waals surface area contributed by atoms with Crippen LogP contribution < -0.4 is 5.32 Å². The molecular formula is C12H19NO2. The summed E-state index contributed by atoms with van der Waals surface area (Å²) in [6.07, 6.45) is 4.44. The highest BCUT2D eigenvalue weighted by atomic mass is 16.2. The van der Waals surface area contributed by atoms with Gasteiger partial charge in [-0.15, -0.1) is 0 Å². The van der Waals surface area contributed by atoms with E-state index in [4.69, 9.17) is 0 Å². The van der Waals surface area contributed by atoms with Crippen LogP contribution in [0.2, 0.25) is 0 Å². The lowest BCUT2D eigenvalue weighted by molar-refractivity contribution is -0.141. The second-order valence-electron chi connectivity index (χ2n) is 5.47. The molecule has 2 fully saturated rings. The van der Waals surface area contributed by atoms with Gasteiger partial charge >= 0.3 is 0 Å². The number of rotatable bonds is 0. The van der Waals surface area contributed by atoms with Crippen molar-refractivity contribution < 1.29 is 9.59 Å². The number of piperidine rings is 1. The molecular weight excluding hydrogens is 190 g/mol. The Hall–Kier alpha value is -0.860. The minimum Gasteiger partial charge on any atom is -0.296 e. The van der Waals surface area contributed by atoms with Crippen molar-refractivity contribution in [3.63, 3.8) is 0 Å². The van der Waals surface area contributed by atoms with Gasteiger partial charge < -0.3 is 0 Å². The molecule has 0 aromatic heterocycles. The summed E-state index contributed by atoms with van der Waals surface area (Å²) < 4.78 is 0. The zero-order valence-electron chi connectivity index (χ0n) is 9.51. The number of carbonyl (C=O) groups excluding carboxylic acids is 2. The predicted octanol–water partition coefficient (Wildman–Crippen LogP) is 1.87. The van der Waals surface area contributed by atoms with Crippen LogP contribution in [-0.2, 0) is 9.59 Å². The number of imide groups is 1. The average molecular weight is 209 g/mol. The first-order valence-corrected chi connectivity index (χ1v) is 5.84. The Balaban J connectivity index is 2.17. The smallest absolute Gasteiger partial charge is 0.227 e. The van der Waals surface area contributed by atoms with Crippen LogP contribution in [0.5, 0.6) is 0 Å². The van der Waals surface area contributed by atoms with E-state index in [1.807, 2.05) is 0 Å². The van der Waals surface area contributed by atoms with Gasteiger partial charge in [0.05, 0.1) is 0 Å². The predicted molar refractivity (Wildman–Crippen MR) is 57.0 cm³/mol. The molecule has 0 radical (unpaired) electrons. The van der Waals surface area contributed by atoms with Gasteiger partial charge in [0.2, 0.25) is 11.8 Å². The molecule has 2 amide bonds. The fraction of sp³-hybridized carbons (Fsp3) is 0.833. The molecule has 0 aromatic rings. The Labute approximate surface area is 90.6 Å². The summed E-state index contributed by atoms with van der Waals surface area (Å²) in [6, 6.07) is 0. The molecule has 1 saturated carbocycles. The van der Waals surface area contributed by atoms with E-state index in [0.717, 1.165) is 25.2 Å². The second kappa shape index (κ2) is 3.62. The Morgan fingerprint density at radius 2 is 1.80 bits per heavy atom. The molecule has 1 spiro atoms. The molecule has 0 aromatic carbocycles. The first-order chi connectivity index (χ1) is 7.02. The number of carbonyl (C=O) groups is 2. The maximum atomic E-state index is 11.4. The monoisotopic (exact) mass is 209 g/mol. The quantitative estimate of drug-likeness (QED) is 0.619. The normalized spacial score (nSPS) is 35.3. The van der Waals surface area contributed by atoms with Crippen molar-refractivity contribution in [3.8, 4) is 0 Å². The molecule has 0 bridgehead atoms. The molecule has 3 heteroatoms. The van der Waals surface area contributed by atoms with E-state index in [2.05, 4.69) is 19.2 Å². The lowest BCUT2D eigenvalue weighted by Crippen LogP contribution is -2.49. The molecule has 1 aliphatic heterocycles. The Kier molecular flexibility index (Phi) is 2.57. The number of amides is 2. The van der Waals surface area contributed by atoms with Crippen LogP contribution >= 0.6 is 0 Å². The van der Waals surface area contributed by atoms with E-state index >= 15 is 0 Å². The molecule has 3 nitrogen and oxygen atoms in total. The second-order valence-corrected chi connectivity index (χ2v) is 5.47. The van der Waals surface area contributed by atoms with Gasteiger partial charge in [-0.3, -0.25) is 14.9 Å². The topological polar surface area (TPSA) is 46.2 Å². The largest absolute Gasteiger partial charge is 0.296 e. The summed E-state index contributed by atoms with van der Waals surface area (Å²) in [5.74, 6) is 1.09. The molecule has 84 valence electrons.